The van der Waals surface area contributed by atoms with Crippen molar-refractivity contribution < 1.29 is 0 Å². The number of pyridine rings is 1. The lowest BCUT2D eigenvalue weighted by Crippen LogP contribution is -2.26. The van der Waals surface area contributed by atoms with E-state index in [2.05, 4.69) is 65.6 Å². The van der Waals surface area contributed by atoms with E-state index in [0.29, 0.717) is 18.3 Å². The van der Waals surface area contributed by atoms with Crippen LogP contribution >= 0.6 is 0 Å². The molecule has 1 aliphatic carbocycles. The van der Waals surface area contributed by atoms with Crippen molar-refractivity contribution in [3.05, 3.63) is 70.7 Å². The van der Waals surface area contributed by atoms with Crippen LogP contribution in [0.5, 0.6) is 0 Å². The molecule has 1 N–H and O–H groups in total. The third-order valence-corrected chi connectivity index (χ3v) is 7.14. The maximum atomic E-state index is 13.7. The molecular formula is C27H33N7O. The van der Waals surface area contributed by atoms with Crippen LogP contribution < -0.4 is 5.69 Å². The first-order valence-corrected chi connectivity index (χ1v) is 12.4. The fraction of sp³-hybridized carbons (Fsp3) is 0.444. The molecule has 2 unspecified atom stereocenters. The second-order valence-corrected chi connectivity index (χ2v) is 10.6. The standard InChI is InChI=1S/C27H33N7O/c1-5-6-9-19-17-34(24-14-23(24)27(2,3)4)26(35)33(19)16-18-15-28-13-12-20(18)21-10-7-8-11-22(21)25-29-31-32-30-25/h7-8,10-13,15,17,23-24H,5-6,9,14,16H2,1-4H3,(H,29,30,31,32). The van der Waals surface area contributed by atoms with Crippen molar-refractivity contribution in [2.75, 3.05) is 0 Å². The molecule has 0 saturated heterocycles. The number of hydrogen-bond acceptors (Lipinski definition) is 5. The van der Waals surface area contributed by atoms with Crippen LogP contribution in [-0.4, -0.2) is 34.7 Å². The van der Waals surface area contributed by atoms with Gasteiger partial charge in [-0.2, -0.15) is 5.21 Å². The number of tetrazole rings is 1. The van der Waals surface area contributed by atoms with E-state index >= 15 is 0 Å². The number of rotatable bonds is 8. The minimum atomic E-state index is 0.0779. The Morgan fingerprint density at radius 1 is 1.11 bits per heavy atom. The van der Waals surface area contributed by atoms with E-state index in [1.807, 2.05) is 39.6 Å². The largest absolute Gasteiger partial charge is 0.328 e. The molecule has 5 rings (SSSR count). The van der Waals surface area contributed by atoms with Crippen molar-refractivity contribution in [2.45, 2.75) is 66.0 Å². The molecule has 0 aliphatic heterocycles. The first-order chi connectivity index (χ1) is 16.9. The Bertz CT molecular complexity index is 1360. The topological polar surface area (TPSA) is 94.3 Å². The predicted molar refractivity (Wildman–Crippen MR) is 136 cm³/mol. The molecule has 8 nitrogen and oxygen atoms in total. The van der Waals surface area contributed by atoms with Gasteiger partial charge < -0.3 is 0 Å². The highest BCUT2D eigenvalue weighted by atomic mass is 16.1. The van der Waals surface area contributed by atoms with Crippen LogP contribution in [0.25, 0.3) is 22.5 Å². The number of hydrogen-bond donors (Lipinski definition) is 1. The number of benzene rings is 1. The van der Waals surface area contributed by atoms with Crippen LogP contribution in [-0.2, 0) is 13.0 Å². The maximum absolute atomic E-state index is 13.7. The zero-order valence-corrected chi connectivity index (χ0v) is 20.9. The molecule has 1 aromatic carbocycles. The molecule has 4 aromatic rings. The summed E-state index contributed by atoms with van der Waals surface area (Å²) in [5, 5.41) is 14.6. The SMILES string of the molecule is CCCCc1cn(C2CC2C(C)(C)C)c(=O)n1Cc1cnccc1-c1ccccc1-c1nn[nH]n1. The summed E-state index contributed by atoms with van der Waals surface area (Å²) >= 11 is 0. The van der Waals surface area contributed by atoms with Crippen LogP contribution in [0.1, 0.15) is 64.3 Å². The Balaban J connectivity index is 1.55. The summed E-state index contributed by atoms with van der Waals surface area (Å²) in [6, 6.07) is 10.3. The lowest BCUT2D eigenvalue weighted by atomic mass is 9.90. The fourth-order valence-electron chi connectivity index (χ4n) is 5.11. The minimum absolute atomic E-state index is 0.0779. The molecule has 0 bridgehead atoms. The van der Waals surface area contributed by atoms with Gasteiger partial charge in [0.25, 0.3) is 0 Å². The van der Waals surface area contributed by atoms with Gasteiger partial charge in [0, 0.05) is 35.9 Å². The summed E-state index contributed by atoms with van der Waals surface area (Å²) < 4.78 is 3.94. The summed E-state index contributed by atoms with van der Waals surface area (Å²) in [6.45, 7) is 9.45. The van der Waals surface area contributed by atoms with Crippen molar-refractivity contribution in [2.24, 2.45) is 11.3 Å². The monoisotopic (exact) mass is 471 g/mol. The molecule has 1 aliphatic rings. The van der Waals surface area contributed by atoms with Crippen molar-refractivity contribution in [3.63, 3.8) is 0 Å². The molecule has 0 radical (unpaired) electrons. The molecule has 1 saturated carbocycles. The third-order valence-electron chi connectivity index (χ3n) is 7.14. The number of nitrogens with one attached hydrogen (secondary N) is 1. The molecule has 0 spiro atoms. The fourth-order valence-corrected chi connectivity index (χ4v) is 5.11. The molecule has 3 heterocycles. The van der Waals surface area contributed by atoms with E-state index in [9.17, 15) is 4.79 Å². The van der Waals surface area contributed by atoms with Crippen LogP contribution in [0.2, 0.25) is 0 Å². The van der Waals surface area contributed by atoms with Crippen LogP contribution in [0, 0.1) is 11.3 Å². The van der Waals surface area contributed by atoms with Crippen LogP contribution in [0.4, 0.5) is 0 Å². The average molecular weight is 472 g/mol. The second-order valence-electron chi connectivity index (χ2n) is 10.6. The van der Waals surface area contributed by atoms with Gasteiger partial charge in [0.05, 0.1) is 6.54 Å². The number of H-pyrrole nitrogens is 1. The number of nitrogens with zero attached hydrogens (tertiary/aromatic N) is 6. The Morgan fingerprint density at radius 3 is 2.60 bits per heavy atom. The number of unbranched alkanes of at least 4 members (excludes halogenated alkanes) is 1. The van der Waals surface area contributed by atoms with Gasteiger partial charge in [-0.25, -0.2) is 4.79 Å². The highest BCUT2D eigenvalue weighted by Gasteiger charge is 2.47. The Labute approximate surface area is 205 Å². The number of aromatic nitrogens is 7. The normalized spacial score (nSPS) is 17.6. The summed E-state index contributed by atoms with van der Waals surface area (Å²) in [6.07, 6.45) is 9.86. The molecule has 3 aromatic heterocycles. The van der Waals surface area contributed by atoms with Gasteiger partial charge >= 0.3 is 5.69 Å². The van der Waals surface area contributed by atoms with Crippen molar-refractivity contribution in [3.8, 4) is 22.5 Å². The summed E-state index contributed by atoms with van der Waals surface area (Å²) in [5.41, 5.74) is 5.25. The number of aromatic amines is 1. The Kier molecular flexibility index (Phi) is 6.13. The zero-order chi connectivity index (χ0) is 24.6. The molecular weight excluding hydrogens is 438 g/mol. The lowest BCUT2D eigenvalue weighted by molar-refractivity contribution is 0.327. The van der Waals surface area contributed by atoms with E-state index in [0.717, 1.165) is 53.6 Å². The molecule has 2 atom stereocenters. The van der Waals surface area contributed by atoms with Gasteiger partial charge in [0.1, 0.15) is 0 Å². The van der Waals surface area contributed by atoms with Gasteiger partial charge in [0.2, 0.25) is 5.82 Å². The minimum Gasteiger partial charge on any atom is -0.296 e. The summed E-state index contributed by atoms with van der Waals surface area (Å²) in [5.74, 6) is 1.07. The molecule has 0 amide bonds. The van der Waals surface area contributed by atoms with E-state index in [4.69, 9.17) is 0 Å². The first kappa shape index (κ1) is 23.2. The summed E-state index contributed by atoms with van der Waals surface area (Å²) in [4.78, 5) is 18.1. The average Bonchev–Trinajstić information content (AvgIpc) is 3.36. The van der Waals surface area contributed by atoms with Gasteiger partial charge in [-0.1, -0.05) is 58.4 Å². The van der Waals surface area contributed by atoms with Gasteiger partial charge in [-0.3, -0.25) is 14.1 Å². The summed E-state index contributed by atoms with van der Waals surface area (Å²) in [7, 11) is 0. The Hall–Kier alpha value is -3.55. The number of aryl methyl sites for hydroxylation is 1. The highest BCUT2D eigenvalue weighted by molar-refractivity contribution is 5.81. The highest BCUT2D eigenvalue weighted by Crippen LogP contribution is 2.53. The lowest BCUT2D eigenvalue weighted by Gasteiger charge is -2.17. The van der Waals surface area contributed by atoms with Crippen molar-refractivity contribution in [1.29, 1.82) is 0 Å². The van der Waals surface area contributed by atoms with E-state index in [-0.39, 0.29) is 17.1 Å². The Morgan fingerprint density at radius 2 is 1.91 bits per heavy atom. The van der Waals surface area contributed by atoms with Crippen LogP contribution in [0.3, 0.4) is 0 Å². The second kappa shape index (κ2) is 9.24. The zero-order valence-electron chi connectivity index (χ0n) is 20.9. The first-order valence-electron chi connectivity index (χ1n) is 12.4. The van der Waals surface area contributed by atoms with E-state index in [1.165, 1.54) is 0 Å². The van der Waals surface area contributed by atoms with Crippen molar-refractivity contribution >= 4 is 0 Å². The van der Waals surface area contributed by atoms with Crippen LogP contribution in [0.15, 0.2) is 53.7 Å². The van der Waals surface area contributed by atoms with E-state index < -0.39 is 0 Å². The third kappa shape index (κ3) is 4.57. The molecule has 182 valence electrons. The number of imidazole rings is 1. The molecule has 35 heavy (non-hydrogen) atoms. The van der Waals surface area contributed by atoms with Gasteiger partial charge in [0.15, 0.2) is 0 Å². The maximum Gasteiger partial charge on any atom is 0.328 e. The predicted octanol–water partition coefficient (Wildman–Crippen LogP) is 4.89. The van der Waals surface area contributed by atoms with Crippen molar-refractivity contribution in [1.82, 2.24) is 34.7 Å². The smallest absolute Gasteiger partial charge is 0.296 e. The molecule has 8 heteroatoms. The molecule has 1 fully saturated rings. The van der Waals surface area contributed by atoms with Gasteiger partial charge in [-0.05, 0) is 58.6 Å². The quantitative estimate of drug-likeness (QED) is 0.395. The van der Waals surface area contributed by atoms with E-state index in [1.54, 1.807) is 6.20 Å². The van der Waals surface area contributed by atoms with Gasteiger partial charge in [-0.15, -0.1) is 10.2 Å².